The molecule has 1 aromatic carbocycles. The number of fused-ring (bicyclic) bond motifs is 3. The number of nitriles is 1. The lowest BCUT2D eigenvalue weighted by Gasteiger charge is -2.45. The Kier molecular flexibility index (Phi) is 4.74. The topological polar surface area (TPSA) is 79.5 Å². The minimum absolute atomic E-state index is 0.0547. The molecule has 0 fully saturated rings. The SMILES string of the molecule is Cc1cnccc1-c1nc(-c2ccccc2)c2c(n1)[C@]1(C)C=C(C#N)C(=O)[C@H](C)[C@H]1CC2. The minimum Gasteiger partial charge on any atom is -0.293 e. The highest BCUT2D eigenvalue weighted by Gasteiger charge is 2.49. The van der Waals surface area contributed by atoms with Crippen molar-refractivity contribution in [2.24, 2.45) is 11.8 Å². The Balaban J connectivity index is 1.83. The van der Waals surface area contributed by atoms with Crippen LogP contribution < -0.4 is 0 Å². The van der Waals surface area contributed by atoms with Crippen LogP contribution in [0.4, 0.5) is 0 Å². The van der Waals surface area contributed by atoms with Crippen LogP contribution in [0.1, 0.15) is 37.1 Å². The van der Waals surface area contributed by atoms with Gasteiger partial charge in [-0.2, -0.15) is 5.26 Å². The summed E-state index contributed by atoms with van der Waals surface area (Å²) >= 11 is 0. The Morgan fingerprint density at radius 2 is 1.94 bits per heavy atom. The lowest BCUT2D eigenvalue weighted by atomic mass is 9.57. The highest BCUT2D eigenvalue weighted by atomic mass is 16.1. The molecule has 2 heterocycles. The third kappa shape index (κ3) is 2.98. The van der Waals surface area contributed by atoms with Crippen LogP contribution in [0.15, 0.2) is 60.4 Å². The van der Waals surface area contributed by atoms with Crippen molar-refractivity contribution in [3.05, 3.63) is 77.3 Å². The van der Waals surface area contributed by atoms with E-state index in [4.69, 9.17) is 9.97 Å². The highest BCUT2D eigenvalue weighted by Crippen LogP contribution is 2.50. The van der Waals surface area contributed by atoms with E-state index in [1.807, 2.05) is 50.4 Å². The first-order chi connectivity index (χ1) is 15.4. The molecule has 32 heavy (non-hydrogen) atoms. The first kappa shape index (κ1) is 20.3. The van der Waals surface area contributed by atoms with Gasteiger partial charge in [-0.25, -0.2) is 9.97 Å². The number of rotatable bonds is 2. The van der Waals surface area contributed by atoms with E-state index >= 15 is 0 Å². The number of hydrogen-bond donors (Lipinski definition) is 0. The van der Waals surface area contributed by atoms with Crippen LogP contribution in [0, 0.1) is 30.1 Å². The number of benzene rings is 1. The summed E-state index contributed by atoms with van der Waals surface area (Å²) in [6.45, 7) is 6.08. The van der Waals surface area contributed by atoms with Gasteiger partial charge in [-0.1, -0.05) is 50.3 Å². The number of aryl methyl sites for hydroxylation is 1. The van der Waals surface area contributed by atoms with Gasteiger partial charge in [0, 0.05) is 40.4 Å². The average molecular weight is 421 g/mol. The molecule has 0 unspecified atom stereocenters. The fraction of sp³-hybridized carbons (Fsp3) is 0.296. The number of carbonyl (C=O) groups is 1. The van der Waals surface area contributed by atoms with Crippen LogP contribution in [0.5, 0.6) is 0 Å². The molecule has 0 saturated carbocycles. The number of nitrogens with zero attached hydrogens (tertiary/aromatic N) is 4. The standard InChI is InChI=1S/C27H24N4O/c1-16-15-29-12-11-20(16)26-30-23(18-7-5-4-6-8-18)21-9-10-22-17(2)24(32)19(14-28)13-27(22,3)25(21)31-26/h4-8,11-13,15,17,22H,9-10H2,1-3H3/t17-,22-,27-/m1/s1. The zero-order valence-electron chi connectivity index (χ0n) is 18.5. The first-order valence-corrected chi connectivity index (χ1v) is 11.0. The van der Waals surface area contributed by atoms with Crippen molar-refractivity contribution in [2.45, 2.75) is 39.0 Å². The number of allylic oxidation sites excluding steroid dienone is 2. The minimum atomic E-state index is -0.506. The van der Waals surface area contributed by atoms with E-state index in [-0.39, 0.29) is 23.2 Å². The second-order valence-corrected chi connectivity index (χ2v) is 9.03. The van der Waals surface area contributed by atoms with Gasteiger partial charge in [0.05, 0.1) is 17.0 Å². The summed E-state index contributed by atoms with van der Waals surface area (Å²) in [5.74, 6) is 0.486. The Morgan fingerprint density at radius 1 is 1.16 bits per heavy atom. The summed E-state index contributed by atoms with van der Waals surface area (Å²) in [6, 6.07) is 14.3. The molecule has 2 aliphatic carbocycles. The second-order valence-electron chi connectivity index (χ2n) is 9.03. The second kappa shape index (κ2) is 7.49. The molecule has 5 rings (SSSR count). The first-order valence-electron chi connectivity index (χ1n) is 11.0. The predicted molar refractivity (Wildman–Crippen MR) is 122 cm³/mol. The molecule has 0 bridgehead atoms. The van der Waals surface area contributed by atoms with Gasteiger partial charge in [0.15, 0.2) is 11.6 Å². The fourth-order valence-corrected chi connectivity index (χ4v) is 5.45. The number of carbonyl (C=O) groups excluding carboxylic acids is 1. The summed E-state index contributed by atoms with van der Waals surface area (Å²) in [5.41, 5.74) is 5.70. The van der Waals surface area contributed by atoms with E-state index in [1.54, 1.807) is 6.20 Å². The molecule has 0 amide bonds. The molecule has 0 aliphatic heterocycles. The van der Waals surface area contributed by atoms with Gasteiger partial charge in [0.25, 0.3) is 0 Å². The van der Waals surface area contributed by atoms with Crippen molar-refractivity contribution in [1.82, 2.24) is 15.0 Å². The van der Waals surface area contributed by atoms with Crippen molar-refractivity contribution in [2.75, 3.05) is 0 Å². The van der Waals surface area contributed by atoms with Gasteiger partial charge >= 0.3 is 0 Å². The van der Waals surface area contributed by atoms with Crippen LogP contribution in [-0.2, 0) is 16.6 Å². The van der Waals surface area contributed by atoms with E-state index < -0.39 is 5.41 Å². The van der Waals surface area contributed by atoms with Crippen LogP contribution in [0.3, 0.4) is 0 Å². The molecule has 0 saturated heterocycles. The van der Waals surface area contributed by atoms with Gasteiger partial charge in [-0.3, -0.25) is 9.78 Å². The Hall–Kier alpha value is -3.65. The van der Waals surface area contributed by atoms with Gasteiger partial charge < -0.3 is 0 Å². The maximum absolute atomic E-state index is 12.8. The van der Waals surface area contributed by atoms with Crippen molar-refractivity contribution in [3.8, 4) is 28.7 Å². The maximum Gasteiger partial charge on any atom is 0.176 e. The molecule has 2 aliphatic rings. The van der Waals surface area contributed by atoms with Crippen LogP contribution in [0.25, 0.3) is 22.6 Å². The summed E-state index contributed by atoms with van der Waals surface area (Å²) < 4.78 is 0. The van der Waals surface area contributed by atoms with Gasteiger partial charge in [0.1, 0.15) is 6.07 Å². The Labute approximate surface area is 187 Å². The number of aromatic nitrogens is 3. The lowest BCUT2D eigenvalue weighted by Crippen LogP contribution is -2.46. The van der Waals surface area contributed by atoms with E-state index in [2.05, 4.69) is 30.1 Å². The Bertz CT molecular complexity index is 1300. The molecule has 3 atom stereocenters. The Morgan fingerprint density at radius 3 is 2.66 bits per heavy atom. The average Bonchev–Trinajstić information content (AvgIpc) is 2.82. The van der Waals surface area contributed by atoms with Crippen LogP contribution in [0.2, 0.25) is 0 Å². The monoisotopic (exact) mass is 420 g/mol. The molecule has 0 spiro atoms. The normalized spacial score (nSPS) is 24.2. The molecule has 5 nitrogen and oxygen atoms in total. The zero-order chi connectivity index (χ0) is 22.5. The van der Waals surface area contributed by atoms with Crippen LogP contribution in [-0.4, -0.2) is 20.7 Å². The quantitative estimate of drug-likeness (QED) is 0.583. The molecule has 3 aromatic rings. The number of ketones is 1. The zero-order valence-corrected chi connectivity index (χ0v) is 18.5. The molecular weight excluding hydrogens is 396 g/mol. The molecule has 0 N–H and O–H groups in total. The maximum atomic E-state index is 12.8. The van der Waals surface area contributed by atoms with Gasteiger partial charge in [-0.05, 0) is 37.3 Å². The van der Waals surface area contributed by atoms with Gasteiger partial charge in [-0.15, -0.1) is 0 Å². The van der Waals surface area contributed by atoms with E-state index in [1.165, 1.54) is 0 Å². The van der Waals surface area contributed by atoms with E-state index in [0.717, 1.165) is 46.5 Å². The number of Topliss-reactive ketones (excluding diaryl/α,β-unsaturated/α-hetero) is 1. The number of pyridine rings is 1. The van der Waals surface area contributed by atoms with Crippen molar-refractivity contribution in [1.29, 1.82) is 5.26 Å². The lowest BCUT2D eigenvalue weighted by molar-refractivity contribution is -0.121. The fourth-order valence-electron chi connectivity index (χ4n) is 5.45. The molecule has 2 aromatic heterocycles. The van der Waals surface area contributed by atoms with Crippen LogP contribution >= 0.6 is 0 Å². The summed E-state index contributed by atoms with van der Waals surface area (Å²) in [5, 5.41) is 9.65. The third-order valence-corrected chi connectivity index (χ3v) is 7.15. The summed E-state index contributed by atoms with van der Waals surface area (Å²) in [6.07, 6.45) is 7.11. The number of hydrogen-bond acceptors (Lipinski definition) is 5. The van der Waals surface area contributed by atoms with E-state index in [0.29, 0.717) is 5.82 Å². The molecule has 0 radical (unpaired) electrons. The highest BCUT2D eigenvalue weighted by molar-refractivity contribution is 6.02. The predicted octanol–water partition coefficient (Wildman–Crippen LogP) is 5.00. The molecule has 5 heteroatoms. The van der Waals surface area contributed by atoms with Crippen molar-refractivity contribution in [3.63, 3.8) is 0 Å². The van der Waals surface area contributed by atoms with Crippen molar-refractivity contribution < 1.29 is 4.79 Å². The van der Waals surface area contributed by atoms with E-state index in [9.17, 15) is 10.1 Å². The third-order valence-electron chi connectivity index (χ3n) is 7.15. The molecule has 158 valence electrons. The smallest absolute Gasteiger partial charge is 0.176 e. The largest absolute Gasteiger partial charge is 0.293 e. The summed E-state index contributed by atoms with van der Waals surface area (Å²) in [7, 11) is 0. The van der Waals surface area contributed by atoms with Crippen molar-refractivity contribution >= 4 is 5.78 Å². The summed E-state index contributed by atoms with van der Waals surface area (Å²) in [4.78, 5) is 27.1. The molecular formula is C27H24N4O. The van der Waals surface area contributed by atoms with Gasteiger partial charge in [0.2, 0.25) is 0 Å².